The fourth-order valence-corrected chi connectivity index (χ4v) is 4.34. The fraction of sp³-hybridized carbons (Fsp3) is 0.682. The number of nitrogens with one attached hydrogen (secondary N) is 1. The Balaban J connectivity index is 1.62. The second kappa shape index (κ2) is 10.3. The van der Waals surface area contributed by atoms with Gasteiger partial charge in [0.15, 0.2) is 5.11 Å². The average molecular weight is 375 g/mol. The summed E-state index contributed by atoms with van der Waals surface area (Å²) in [7, 11) is 0. The minimum atomic E-state index is 0.317. The van der Waals surface area contributed by atoms with Crippen LogP contribution in [0.5, 0.6) is 0 Å². The summed E-state index contributed by atoms with van der Waals surface area (Å²) >= 11 is 5.85. The van der Waals surface area contributed by atoms with Crippen LogP contribution in [0, 0.1) is 6.92 Å². The van der Waals surface area contributed by atoms with Gasteiger partial charge in [-0.1, -0.05) is 61.9 Å². The highest BCUT2D eigenvalue weighted by atomic mass is 32.1. The van der Waals surface area contributed by atoms with E-state index in [-0.39, 0.29) is 0 Å². The van der Waals surface area contributed by atoms with E-state index in [0.717, 1.165) is 31.2 Å². The largest absolute Gasteiger partial charge is 0.376 e. The molecule has 1 saturated carbocycles. The summed E-state index contributed by atoms with van der Waals surface area (Å²) in [6.45, 7) is 4.78. The number of ether oxygens (including phenoxy) is 1. The Kier molecular flexibility index (Phi) is 7.75. The zero-order valence-corrected chi connectivity index (χ0v) is 17.0. The van der Waals surface area contributed by atoms with Gasteiger partial charge in [-0.2, -0.15) is 0 Å². The Morgan fingerprint density at radius 1 is 1.04 bits per heavy atom. The summed E-state index contributed by atoms with van der Waals surface area (Å²) in [5.41, 5.74) is 2.62. The van der Waals surface area contributed by atoms with Crippen LogP contribution in [0.4, 0.5) is 0 Å². The normalized spacial score (nSPS) is 21.8. The van der Waals surface area contributed by atoms with Crippen LogP contribution in [-0.2, 0) is 11.3 Å². The lowest BCUT2D eigenvalue weighted by Gasteiger charge is -2.31. The summed E-state index contributed by atoms with van der Waals surface area (Å²) in [4.78, 5) is 2.33. The first kappa shape index (κ1) is 19.6. The summed E-state index contributed by atoms with van der Waals surface area (Å²) in [6, 6.07) is 9.34. The number of benzene rings is 1. The first-order valence-corrected chi connectivity index (χ1v) is 10.8. The minimum Gasteiger partial charge on any atom is -0.376 e. The minimum absolute atomic E-state index is 0.317. The molecule has 0 amide bonds. The molecule has 2 fully saturated rings. The van der Waals surface area contributed by atoms with Gasteiger partial charge in [0.1, 0.15) is 0 Å². The van der Waals surface area contributed by atoms with Crippen molar-refractivity contribution in [3.63, 3.8) is 0 Å². The maximum Gasteiger partial charge on any atom is 0.169 e. The topological polar surface area (TPSA) is 24.5 Å². The molecule has 4 heteroatoms. The van der Waals surface area contributed by atoms with Crippen LogP contribution in [0.2, 0.25) is 0 Å². The second-order valence-corrected chi connectivity index (χ2v) is 8.38. The molecular formula is C22H34N2OS. The van der Waals surface area contributed by atoms with Crippen LogP contribution in [0.3, 0.4) is 0 Å². The van der Waals surface area contributed by atoms with E-state index in [4.69, 9.17) is 17.0 Å². The number of thiocarbonyl (C=S) groups is 1. The molecule has 0 aromatic heterocycles. The van der Waals surface area contributed by atoms with Crippen molar-refractivity contribution in [2.75, 3.05) is 13.2 Å². The molecule has 26 heavy (non-hydrogen) atoms. The predicted octanol–water partition coefficient (Wildman–Crippen LogP) is 4.96. The fourth-order valence-electron chi connectivity index (χ4n) is 4.03. The van der Waals surface area contributed by atoms with Gasteiger partial charge in [0.2, 0.25) is 0 Å². The summed E-state index contributed by atoms with van der Waals surface area (Å²) in [5.74, 6) is 0. The number of aryl methyl sites for hydroxylation is 1. The van der Waals surface area contributed by atoms with E-state index < -0.39 is 0 Å². The average Bonchev–Trinajstić information content (AvgIpc) is 3.11. The van der Waals surface area contributed by atoms with E-state index in [9.17, 15) is 0 Å². The monoisotopic (exact) mass is 374 g/mol. The number of rotatable bonds is 5. The van der Waals surface area contributed by atoms with Crippen LogP contribution in [0.1, 0.15) is 68.9 Å². The van der Waals surface area contributed by atoms with Gasteiger partial charge in [0, 0.05) is 25.7 Å². The van der Waals surface area contributed by atoms with Crippen molar-refractivity contribution in [3.8, 4) is 0 Å². The van der Waals surface area contributed by atoms with E-state index in [1.54, 1.807) is 0 Å². The first-order chi connectivity index (χ1) is 12.7. The van der Waals surface area contributed by atoms with Crippen LogP contribution in [0.15, 0.2) is 24.3 Å². The Labute approximate surface area is 164 Å². The summed E-state index contributed by atoms with van der Waals surface area (Å²) in [6.07, 6.45) is 11.9. The summed E-state index contributed by atoms with van der Waals surface area (Å²) in [5, 5.41) is 4.60. The molecule has 3 nitrogen and oxygen atoms in total. The van der Waals surface area contributed by atoms with Gasteiger partial charge in [-0.25, -0.2) is 0 Å². The molecule has 1 aromatic rings. The summed E-state index contributed by atoms with van der Waals surface area (Å²) < 4.78 is 5.89. The highest BCUT2D eigenvalue weighted by Crippen LogP contribution is 2.19. The van der Waals surface area contributed by atoms with Crippen molar-refractivity contribution in [1.82, 2.24) is 10.2 Å². The van der Waals surface area contributed by atoms with Gasteiger partial charge in [0.05, 0.1) is 6.10 Å². The van der Waals surface area contributed by atoms with Crippen LogP contribution < -0.4 is 5.32 Å². The third-order valence-electron chi connectivity index (χ3n) is 5.66. The van der Waals surface area contributed by atoms with Gasteiger partial charge in [-0.15, -0.1) is 0 Å². The Hall–Kier alpha value is -1.13. The smallest absolute Gasteiger partial charge is 0.169 e. The van der Waals surface area contributed by atoms with E-state index in [1.807, 2.05) is 0 Å². The van der Waals surface area contributed by atoms with Crippen LogP contribution >= 0.6 is 12.2 Å². The maximum absolute atomic E-state index is 5.89. The molecule has 0 bridgehead atoms. The van der Waals surface area contributed by atoms with Crippen molar-refractivity contribution >= 4 is 17.3 Å². The second-order valence-electron chi connectivity index (χ2n) is 7.99. The van der Waals surface area contributed by atoms with Crippen molar-refractivity contribution in [1.29, 1.82) is 0 Å². The first-order valence-electron chi connectivity index (χ1n) is 10.4. The zero-order chi connectivity index (χ0) is 18.2. The molecule has 1 heterocycles. The standard InChI is InChI=1S/C22H34N2OS/c1-18-11-13-19(14-12-18)16-24(17-21-10-7-15-25-21)22(26)23-20-8-5-3-2-4-6-9-20/h11-14,20-21H,2-10,15-17H2,1H3,(H,23,26). The van der Waals surface area contributed by atoms with Gasteiger partial charge in [0.25, 0.3) is 0 Å². The zero-order valence-electron chi connectivity index (χ0n) is 16.2. The molecule has 1 aliphatic carbocycles. The Bertz CT molecular complexity index is 546. The third kappa shape index (κ3) is 6.24. The van der Waals surface area contributed by atoms with Gasteiger partial charge in [-0.3, -0.25) is 0 Å². The molecule has 1 aliphatic heterocycles. The molecule has 0 spiro atoms. The number of hydrogen-bond acceptors (Lipinski definition) is 2. The lowest BCUT2D eigenvalue weighted by Crippen LogP contribution is -2.47. The Morgan fingerprint density at radius 3 is 2.38 bits per heavy atom. The molecule has 0 radical (unpaired) electrons. The van der Waals surface area contributed by atoms with E-state index in [2.05, 4.69) is 41.4 Å². The lowest BCUT2D eigenvalue weighted by atomic mass is 9.97. The van der Waals surface area contributed by atoms with E-state index >= 15 is 0 Å². The molecule has 1 unspecified atom stereocenters. The van der Waals surface area contributed by atoms with Crippen molar-refractivity contribution in [3.05, 3.63) is 35.4 Å². The van der Waals surface area contributed by atoms with Crippen molar-refractivity contribution in [2.24, 2.45) is 0 Å². The molecular weight excluding hydrogens is 340 g/mol. The number of nitrogens with zero attached hydrogens (tertiary/aromatic N) is 1. The Morgan fingerprint density at radius 2 is 1.73 bits per heavy atom. The van der Waals surface area contributed by atoms with Gasteiger partial charge < -0.3 is 15.0 Å². The van der Waals surface area contributed by atoms with Crippen LogP contribution in [0.25, 0.3) is 0 Å². The molecule has 1 N–H and O–H groups in total. The van der Waals surface area contributed by atoms with Gasteiger partial charge in [-0.05, 0) is 50.4 Å². The quantitative estimate of drug-likeness (QED) is 0.736. The van der Waals surface area contributed by atoms with Crippen LogP contribution in [-0.4, -0.2) is 35.3 Å². The van der Waals surface area contributed by atoms with E-state index in [0.29, 0.717) is 12.1 Å². The molecule has 2 aliphatic rings. The molecule has 1 atom stereocenters. The van der Waals surface area contributed by atoms with Crippen molar-refractivity contribution in [2.45, 2.75) is 83.4 Å². The number of hydrogen-bond donors (Lipinski definition) is 1. The molecule has 144 valence electrons. The maximum atomic E-state index is 5.89. The lowest BCUT2D eigenvalue weighted by molar-refractivity contribution is 0.0895. The highest BCUT2D eigenvalue weighted by molar-refractivity contribution is 7.80. The predicted molar refractivity (Wildman–Crippen MR) is 112 cm³/mol. The molecule has 1 aromatic carbocycles. The van der Waals surface area contributed by atoms with E-state index in [1.165, 1.54) is 62.5 Å². The van der Waals surface area contributed by atoms with Gasteiger partial charge >= 0.3 is 0 Å². The molecule has 3 rings (SSSR count). The SMILES string of the molecule is Cc1ccc(CN(CC2CCCO2)C(=S)NC2CCCCCCC2)cc1. The molecule has 1 saturated heterocycles. The third-order valence-corrected chi connectivity index (χ3v) is 6.04. The highest BCUT2D eigenvalue weighted by Gasteiger charge is 2.22. The van der Waals surface area contributed by atoms with Crippen molar-refractivity contribution < 1.29 is 4.74 Å².